The fourth-order valence-corrected chi connectivity index (χ4v) is 14.7. The number of hydrogen-bond acceptors (Lipinski definition) is 6. The summed E-state index contributed by atoms with van der Waals surface area (Å²) in [6.45, 7) is -0.455. The van der Waals surface area contributed by atoms with Crippen molar-refractivity contribution in [2.45, 2.75) is 0 Å². The molecule has 0 saturated heterocycles. The van der Waals surface area contributed by atoms with Crippen molar-refractivity contribution in [2.24, 2.45) is 0 Å². The van der Waals surface area contributed by atoms with Gasteiger partial charge in [0.25, 0.3) is 13.4 Å². The van der Waals surface area contributed by atoms with Gasteiger partial charge in [0.15, 0.2) is 0 Å². The van der Waals surface area contributed by atoms with E-state index in [1.54, 1.807) is 0 Å². The summed E-state index contributed by atoms with van der Waals surface area (Å²) in [6, 6.07) is 119. The van der Waals surface area contributed by atoms with E-state index in [1.165, 1.54) is 27.2 Å². The van der Waals surface area contributed by atoms with Crippen LogP contribution in [0.5, 0.6) is 11.5 Å². The summed E-state index contributed by atoms with van der Waals surface area (Å²) in [5, 5.41) is 1.19. The summed E-state index contributed by atoms with van der Waals surface area (Å²) < 4.78 is 10.3. The van der Waals surface area contributed by atoms with Gasteiger partial charge in [-0.15, -0.1) is 0 Å². The predicted octanol–water partition coefficient (Wildman–Crippen LogP) is 17.1. The Labute approximate surface area is 518 Å². The monoisotopic (exact) mass is 1140 g/mol. The van der Waals surface area contributed by atoms with Crippen molar-refractivity contribution >= 4 is 143 Å². The molecule has 13 aromatic carbocycles. The third kappa shape index (κ3) is 7.95. The number of hydrogen-bond donors (Lipinski definition) is 0. The molecule has 0 bridgehead atoms. The van der Waals surface area contributed by atoms with E-state index in [4.69, 9.17) is 4.74 Å². The summed E-state index contributed by atoms with van der Waals surface area (Å²) in [5.41, 5.74) is 24.3. The zero-order chi connectivity index (χ0) is 58.5. The van der Waals surface area contributed by atoms with Gasteiger partial charge >= 0.3 is 0 Å². The SMILES string of the molecule is c1ccc(N(c2ccccc2)c2cc3c4c(c2)N(c2ccccc2)c2c(c5ccccc5n2-c2ccccc2)B4c2cc4c(cc2O3)N(c2ccccc2)c2cc(N(c3ccccc3)c3ccccc3)cc3c2B4c2ccccc2N3c2ccccc2)cc1. The molecule has 1 aromatic heterocycles. The van der Waals surface area contributed by atoms with E-state index >= 15 is 0 Å². The first-order valence-electron chi connectivity index (χ1n) is 30.6. The average molecular weight is 1140 g/mol. The van der Waals surface area contributed by atoms with Crippen LogP contribution in [0.1, 0.15) is 0 Å². The molecule has 0 N–H and O–H groups in total. The molecule has 9 heteroatoms. The van der Waals surface area contributed by atoms with E-state index in [0.717, 1.165) is 119 Å². The number of ether oxygens (including phenoxy) is 1. The van der Waals surface area contributed by atoms with Gasteiger partial charge in [-0.05, 0) is 166 Å². The van der Waals surface area contributed by atoms with Crippen LogP contribution >= 0.6 is 0 Å². The zero-order valence-corrected chi connectivity index (χ0v) is 48.4. The van der Waals surface area contributed by atoms with E-state index < -0.39 is 0 Å². The Kier molecular flexibility index (Phi) is 11.7. The highest BCUT2D eigenvalue weighted by atomic mass is 16.5. The minimum absolute atomic E-state index is 0.185. The average Bonchev–Trinajstić information content (AvgIpc) is 1.68. The lowest BCUT2D eigenvalue weighted by Crippen LogP contribution is -2.64. The number of benzene rings is 13. The van der Waals surface area contributed by atoms with Crippen molar-refractivity contribution in [3.63, 3.8) is 0 Å². The fraction of sp³-hybridized carbons (Fsp3) is 0. The number of aromatic nitrogens is 1. The van der Waals surface area contributed by atoms with Crippen LogP contribution in [0, 0.1) is 0 Å². The van der Waals surface area contributed by atoms with Gasteiger partial charge in [-0.2, -0.15) is 0 Å². The summed E-state index contributed by atoms with van der Waals surface area (Å²) in [4.78, 5) is 12.3. The Morgan fingerprint density at radius 3 is 1.20 bits per heavy atom. The van der Waals surface area contributed by atoms with Crippen molar-refractivity contribution in [3.05, 3.63) is 328 Å². The largest absolute Gasteiger partial charge is 0.458 e. The van der Waals surface area contributed by atoms with Crippen molar-refractivity contribution in [1.82, 2.24) is 4.57 Å². The Hall–Kier alpha value is -11.7. The maximum absolute atomic E-state index is 7.85. The first-order valence-corrected chi connectivity index (χ1v) is 30.6. The lowest BCUT2D eigenvalue weighted by molar-refractivity contribution is 0.488. The number of rotatable bonds is 10. The summed E-state index contributed by atoms with van der Waals surface area (Å²) >= 11 is 0. The molecule has 0 unspecified atom stereocenters. The highest BCUT2D eigenvalue weighted by Crippen LogP contribution is 2.52. The Balaban J connectivity index is 0.957. The zero-order valence-electron chi connectivity index (χ0n) is 48.4. The smallest absolute Gasteiger partial charge is 0.259 e. The summed E-state index contributed by atoms with van der Waals surface area (Å²) in [5.74, 6) is 2.72. The number of anilines is 15. The molecule has 0 fully saturated rings. The molecular weight excluding hydrogens is 1080 g/mol. The second-order valence-corrected chi connectivity index (χ2v) is 23.2. The third-order valence-electron chi connectivity index (χ3n) is 18.3. The van der Waals surface area contributed by atoms with Crippen LogP contribution in [0.2, 0.25) is 0 Å². The highest BCUT2D eigenvalue weighted by Gasteiger charge is 2.50. The van der Waals surface area contributed by atoms with Crippen molar-refractivity contribution in [3.8, 4) is 17.2 Å². The lowest BCUT2D eigenvalue weighted by atomic mass is 9.30. The van der Waals surface area contributed by atoms with E-state index in [2.05, 4.69) is 357 Å². The first-order chi connectivity index (χ1) is 44.2. The Morgan fingerprint density at radius 2 is 0.674 bits per heavy atom. The van der Waals surface area contributed by atoms with Crippen molar-refractivity contribution < 1.29 is 4.74 Å². The quantitative estimate of drug-likeness (QED) is 0.127. The Morgan fingerprint density at radius 1 is 0.258 bits per heavy atom. The van der Waals surface area contributed by atoms with Gasteiger partial charge in [-0.25, -0.2) is 0 Å². The molecule has 4 aliphatic heterocycles. The van der Waals surface area contributed by atoms with Crippen LogP contribution in [-0.2, 0) is 0 Å². The van der Waals surface area contributed by atoms with Gasteiger partial charge in [0.05, 0.1) is 16.9 Å². The standard InChI is InChI=1S/C80H54B2N6O/c1-9-29-55(30-10-1)83(56-31-11-2-12-32-56)63-49-72-78-73(50-63)86(60-39-19-6-20-40-60)71-54-75-68(53-67(71)81(78)66-46-26-28-48-70(66)85(72)59-37-17-5-18-38-59)82-77-65-45-25-27-47-69(65)87(61-41-21-7-22-42-61)80(77)88(62-43-23-8-24-44-62)74-51-64(52-76(89-75)79(74)82)84(57-33-13-3-14-34-57)58-35-15-4-16-36-58/h1-54H. The molecule has 0 amide bonds. The first kappa shape index (κ1) is 50.6. The van der Waals surface area contributed by atoms with Gasteiger partial charge in [0, 0.05) is 86.1 Å². The molecule has 5 heterocycles. The van der Waals surface area contributed by atoms with E-state index in [9.17, 15) is 0 Å². The minimum Gasteiger partial charge on any atom is -0.458 e. The van der Waals surface area contributed by atoms with Crippen LogP contribution in [-0.4, -0.2) is 18.0 Å². The second-order valence-electron chi connectivity index (χ2n) is 23.2. The maximum Gasteiger partial charge on any atom is 0.259 e. The van der Waals surface area contributed by atoms with Crippen LogP contribution in [0.15, 0.2) is 328 Å². The van der Waals surface area contributed by atoms with Crippen LogP contribution in [0.4, 0.5) is 85.4 Å². The van der Waals surface area contributed by atoms with Gasteiger partial charge in [-0.3, -0.25) is 9.47 Å². The molecule has 0 aliphatic carbocycles. The van der Waals surface area contributed by atoms with E-state index in [0.29, 0.717) is 0 Å². The van der Waals surface area contributed by atoms with Gasteiger partial charge in [0.2, 0.25) is 0 Å². The fourth-order valence-electron chi connectivity index (χ4n) is 14.7. The lowest BCUT2D eigenvalue weighted by Gasteiger charge is -2.46. The molecule has 0 saturated carbocycles. The van der Waals surface area contributed by atoms with Crippen LogP contribution in [0.3, 0.4) is 0 Å². The normalized spacial score (nSPS) is 12.9. The van der Waals surface area contributed by atoms with Crippen LogP contribution < -0.4 is 62.0 Å². The highest BCUT2D eigenvalue weighted by molar-refractivity contribution is 7.03. The molecule has 0 spiro atoms. The molecule has 416 valence electrons. The van der Waals surface area contributed by atoms with Gasteiger partial charge in [-0.1, -0.05) is 188 Å². The maximum atomic E-state index is 7.85. The molecule has 0 radical (unpaired) electrons. The number of fused-ring (bicyclic) bond motifs is 10. The van der Waals surface area contributed by atoms with E-state index in [1.807, 2.05) is 0 Å². The molecule has 0 atom stereocenters. The third-order valence-corrected chi connectivity index (χ3v) is 18.3. The topological polar surface area (TPSA) is 30.4 Å². The second kappa shape index (κ2) is 20.5. The summed E-state index contributed by atoms with van der Waals surface area (Å²) in [6.07, 6.45) is 0. The van der Waals surface area contributed by atoms with Crippen LogP contribution in [0.25, 0.3) is 16.6 Å². The molecule has 89 heavy (non-hydrogen) atoms. The molecule has 4 aliphatic rings. The number of nitrogens with zero attached hydrogens (tertiary/aromatic N) is 6. The minimum atomic E-state index is -0.270. The molecule has 7 nitrogen and oxygen atoms in total. The molecule has 18 rings (SSSR count). The summed E-state index contributed by atoms with van der Waals surface area (Å²) in [7, 11) is 0. The Bertz CT molecular complexity index is 4940. The predicted molar refractivity (Wildman–Crippen MR) is 373 cm³/mol. The van der Waals surface area contributed by atoms with Gasteiger partial charge in [0.1, 0.15) is 17.3 Å². The van der Waals surface area contributed by atoms with Gasteiger partial charge < -0.3 is 24.3 Å². The number of para-hydroxylation sites is 10. The van der Waals surface area contributed by atoms with E-state index in [-0.39, 0.29) is 13.4 Å². The van der Waals surface area contributed by atoms with Crippen molar-refractivity contribution in [1.29, 1.82) is 0 Å². The molecule has 14 aromatic rings. The molecular formula is C80H54B2N6O. The van der Waals surface area contributed by atoms with Crippen molar-refractivity contribution in [2.75, 3.05) is 24.5 Å².